The highest BCUT2D eigenvalue weighted by atomic mass is 79.9. The van der Waals surface area contributed by atoms with Crippen LogP contribution in [0.25, 0.3) is 0 Å². The summed E-state index contributed by atoms with van der Waals surface area (Å²) in [5.41, 5.74) is 0. The highest BCUT2D eigenvalue weighted by Gasteiger charge is 2.12. The van der Waals surface area contributed by atoms with Gasteiger partial charge in [0.1, 0.15) is 30.0 Å². The summed E-state index contributed by atoms with van der Waals surface area (Å²) in [4.78, 5) is 0. The van der Waals surface area contributed by atoms with Gasteiger partial charge in [-0.15, -0.1) is 0 Å². The number of furan rings is 1. The normalized spacial score (nSPS) is 12.4. The fraction of sp³-hybridized carbons (Fsp3) is 0.167. The predicted octanol–water partition coefficient (Wildman–Crippen LogP) is 2.86. The highest BCUT2D eigenvalue weighted by molar-refractivity contribution is 9.10. The van der Waals surface area contributed by atoms with Gasteiger partial charge in [-0.2, -0.15) is 0 Å². The molecule has 1 unspecified atom stereocenters. The van der Waals surface area contributed by atoms with Gasteiger partial charge in [-0.3, -0.25) is 0 Å². The lowest BCUT2D eigenvalue weighted by Crippen LogP contribution is -2.08. The summed E-state index contributed by atoms with van der Waals surface area (Å²) in [6.07, 6.45) is -0.824. The second-order valence-electron chi connectivity index (χ2n) is 3.46. The van der Waals surface area contributed by atoms with Crippen molar-refractivity contribution in [2.24, 2.45) is 0 Å². The molecule has 5 heteroatoms. The van der Waals surface area contributed by atoms with E-state index in [0.717, 1.165) is 0 Å². The molecule has 4 nitrogen and oxygen atoms in total. The summed E-state index contributed by atoms with van der Waals surface area (Å²) in [6, 6.07) is 9.67. The second-order valence-corrected chi connectivity index (χ2v) is 4.24. The molecule has 1 aromatic heterocycles. The van der Waals surface area contributed by atoms with Crippen molar-refractivity contribution >= 4 is 15.9 Å². The number of ether oxygens (including phenoxy) is 1. The Morgan fingerprint density at radius 3 is 2.47 bits per heavy atom. The molecule has 17 heavy (non-hydrogen) atoms. The fourth-order valence-electron chi connectivity index (χ4n) is 1.31. The maximum absolute atomic E-state index is 9.76. The molecule has 0 saturated heterocycles. The van der Waals surface area contributed by atoms with E-state index < -0.39 is 6.10 Å². The zero-order valence-corrected chi connectivity index (χ0v) is 10.4. The Balaban J connectivity index is 1.92. The first-order valence-corrected chi connectivity index (χ1v) is 5.79. The third-order valence-corrected chi connectivity index (χ3v) is 2.59. The molecule has 0 spiro atoms. The van der Waals surface area contributed by atoms with Crippen LogP contribution >= 0.6 is 15.9 Å². The highest BCUT2D eigenvalue weighted by Crippen LogP contribution is 2.22. The average Bonchev–Trinajstić information content (AvgIpc) is 2.75. The van der Waals surface area contributed by atoms with Gasteiger partial charge in [-0.05, 0) is 52.3 Å². The van der Waals surface area contributed by atoms with Crippen LogP contribution in [0.15, 0.2) is 45.5 Å². The molecule has 2 rings (SSSR count). The Labute approximate surface area is 107 Å². The van der Waals surface area contributed by atoms with Gasteiger partial charge in [0.25, 0.3) is 0 Å². The SMILES string of the molecule is Oc1ccc(OCC(O)c2ccc(Br)o2)cc1. The molecule has 0 aliphatic heterocycles. The number of hydrogen-bond acceptors (Lipinski definition) is 4. The number of rotatable bonds is 4. The molecule has 0 saturated carbocycles. The summed E-state index contributed by atoms with van der Waals surface area (Å²) >= 11 is 3.16. The largest absolute Gasteiger partial charge is 0.508 e. The molecule has 1 aromatic carbocycles. The van der Waals surface area contributed by atoms with Crippen LogP contribution in [-0.4, -0.2) is 16.8 Å². The predicted molar refractivity (Wildman–Crippen MR) is 65.0 cm³/mol. The quantitative estimate of drug-likeness (QED) is 0.911. The second kappa shape index (κ2) is 5.25. The Hall–Kier alpha value is -1.46. The van der Waals surface area contributed by atoms with E-state index >= 15 is 0 Å². The van der Waals surface area contributed by atoms with Gasteiger partial charge in [-0.1, -0.05) is 0 Å². The first kappa shape index (κ1) is 12.0. The van der Waals surface area contributed by atoms with Gasteiger partial charge in [0.05, 0.1) is 0 Å². The van der Waals surface area contributed by atoms with Crippen LogP contribution in [0.1, 0.15) is 11.9 Å². The molecule has 0 bridgehead atoms. The van der Waals surface area contributed by atoms with Gasteiger partial charge in [0.15, 0.2) is 4.67 Å². The molecule has 0 aliphatic carbocycles. The molecule has 0 fully saturated rings. The Morgan fingerprint density at radius 1 is 1.18 bits per heavy atom. The lowest BCUT2D eigenvalue weighted by Gasteiger charge is -2.10. The van der Waals surface area contributed by atoms with Crippen LogP contribution in [0.2, 0.25) is 0 Å². The monoisotopic (exact) mass is 298 g/mol. The van der Waals surface area contributed by atoms with Crippen molar-refractivity contribution in [2.45, 2.75) is 6.10 Å². The van der Waals surface area contributed by atoms with Crippen molar-refractivity contribution in [3.05, 3.63) is 46.8 Å². The standard InChI is InChI=1S/C12H11BrO4/c13-12-6-5-11(17-12)10(15)7-16-9-3-1-8(14)2-4-9/h1-6,10,14-15H,7H2. The molecule has 2 aromatic rings. The molecule has 2 N–H and O–H groups in total. The zero-order valence-electron chi connectivity index (χ0n) is 8.84. The van der Waals surface area contributed by atoms with Gasteiger partial charge in [0, 0.05) is 0 Å². The lowest BCUT2D eigenvalue weighted by atomic mass is 10.3. The summed E-state index contributed by atoms with van der Waals surface area (Å²) in [5.74, 6) is 1.19. The van der Waals surface area contributed by atoms with Gasteiger partial charge in [-0.25, -0.2) is 0 Å². The molecule has 0 radical (unpaired) electrons. The number of aliphatic hydroxyl groups is 1. The summed E-state index contributed by atoms with van der Waals surface area (Å²) < 4.78 is 11.1. The minimum atomic E-state index is -0.824. The van der Waals surface area contributed by atoms with E-state index in [1.807, 2.05) is 0 Å². The van der Waals surface area contributed by atoms with Crippen LogP contribution in [0.3, 0.4) is 0 Å². The average molecular weight is 299 g/mol. The van der Waals surface area contributed by atoms with E-state index in [2.05, 4.69) is 15.9 Å². The van der Waals surface area contributed by atoms with E-state index in [0.29, 0.717) is 16.2 Å². The maximum Gasteiger partial charge on any atom is 0.169 e. The third-order valence-electron chi connectivity index (χ3n) is 2.17. The topological polar surface area (TPSA) is 62.8 Å². The summed E-state index contributed by atoms with van der Waals surface area (Å²) in [6.45, 7) is 0.0880. The molecule has 1 heterocycles. The third kappa shape index (κ3) is 3.25. The van der Waals surface area contributed by atoms with Crippen LogP contribution in [0.4, 0.5) is 0 Å². The minimum Gasteiger partial charge on any atom is -0.508 e. The first-order chi connectivity index (χ1) is 8.15. The Bertz CT molecular complexity index is 478. The molecular formula is C12H11BrO4. The Kier molecular flexibility index (Phi) is 3.71. The maximum atomic E-state index is 9.76. The molecule has 1 atom stereocenters. The molecule has 0 aliphatic rings. The lowest BCUT2D eigenvalue weighted by molar-refractivity contribution is 0.0880. The van der Waals surface area contributed by atoms with Gasteiger partial charge in [0.2, 0.25) is 0 Å². The fourth-order valence-corrected chi connectivity index (χ4v) is 1.63. The van der Waals surface area contributed by atoms with Gasteiger partial charge < -0.3 is 19.4 Å². The summed E-state index contributed by atoms with van der Waals surface area (Å²) in [7, 11) is 0. The zero-order chi connectivity index (χ0) is 12.3. The minimum absolute atomic E-state index is 0.0880. The van der Waals surface area contributed by atoms with Crippen molar-refractivity contribution in [2.75, 3.05) is 6.61 Å². The number of aliphatic hydroxyl groups excluding tert-OH is 1. The molecule has 90 valence electrons. The van der Waals surface area contributed by atoms with Crippen molar-refractivity contribution in [1.29, 1.82) is 0 Å². The number of benzene rings is 1. The number of hydrogen-bond donors (Lipinski definition) is 2. The first-order valence-electron chi connectivity index (χ1n) is 5.00. The number of phenolic OH excluding ortho intramolecular Hbond substituents is 1. The van der Waals surface area contributed by atoms with E-state index in [-0.39, 0.29) is 12.4 Å². The Morgan fingerprint density at radius 2 is 1.88 bits per heavy atom. The van der Waals surface area contributed by atoms with Crippen molar-refractivity contribution < 1.29 is 19.4 Å². The van der Waals surface area contributed by atoms with E-state index in [1.54, 1.807) is 24.3 Å². The van der Waals surface area contributed by atoms with E-state index in [4.69, 9.17) is 14.3 Å². The molecule has 0 amide bonds. The van der Waals surface area contributed by atoms with E-state index in [1.165, 1.54) is 12.1 Å². The van der Waals surface area contributed by atoms with E-state index in [9.17, 15) is 5.11 Å². The van der Waals surface area contributed by atoms with Crippen LogP contribution in [0.5, 0.6) is 11.5 Å². The number of phenols is 1. The summed E-state index contributed by atoms with van der Waals surface area (Å²) in [5, 5.41) is 18.9. The number of aromatic hydroxyl groups is 1. The van der Waals surface area contributed by atoms with Gasteiger partial charge >= 0.3 is 0 Å². The van der Waals surface area contributed by atoms with Crippen LogP contribution < -0.4 is 4.74 Å². The number of halogens is 1. The van der Waals surface area contributed by atoms with Crippen molar-refractivity contribution in [3.8, 4) is 11.5 Å². The van der Waals surface area contributed by atoms with Crippen LogP contribution in [-0.2, 0) is 0 Å². The smallest absolute Gasteiger partial charge is 0.169 e. The van der Waals surface area contributed by atoms with Crippen LogP contribution in [0, 0.1) is 0 Å². The van der Waals surface area contributed by atoms with Crippen molar-refractivity contribution in [1.82, 2.24) is 0 Å². The van der Waals surface area contributed by atoms with Crippen molar-refractivity contribution in [3.63, 3.8) is 0 Å². The molecular weight excluding hydrogens is 288 g/mol.